The van der Waals surface area contributed by atoms with Crippen LogP contribution < -0.4 is 5.32 Å². The summed E-state index contributed by atoms with van der Waals surface area (Å²) in [5.74, 6) is -6.40. The first-order chi connectivity index (χ1) is 40.0. The fraction of sp³-hybridized carbons (Fsp3) is 0.754. The van der Waals surface area contributed by atoms with Gasteiger partial charge in [0.2, 0.25) is 11.3 Å². The predicted molar refractivity (Wildman–Crippen MR) is 297 cm³/mol. The quantitative estimate of drug-likeness (QED) is 0.0308. The number of ether oxygens (including phenoxy) is 11. The van der Waals surface area contributed by atoms with E-state index in [1.54, 1.807) is 33.8 Å². The van der Waals surface area contributed by atoms with Crippen LogP contribution in [0.15, 0.2) is 58.4 Å². The van der Waals surface area contributed by atoms with Crippen LogP contribution in [0.3, 0.4) is 0 Å². The molecule has 26 atom stereocenters. The number of methoxy groups -OCH3 is 1. The molecule has 6 fully saturated rings. The standard InChI is InChI=1S/C61H86N2O22/c1-27-13-16-42(81-48-25-59(10,63(73)74)54(34(8)79-48)62-58(72)75-12)28(2)20-39-40(66)21-36(26-64)24-61(39)56(70)49(57(71)85-61)55(69)60(11)38(27)15-14-37-50(60)29(3)19-30(4)52(37)84-47-23-44(53(33(7)78-47)80-35(9)65)83-45-18-17-43(31(5)76-45)82-46-22-41(67)51(68)32(6)77-46/h13-15,20-21,26,29-34,37-48,50-54,66-69H,16-19,22-25H2,1-12H3,(H,62,72)/b27-13+,28-20+,55-49+/t29-,30-,31-,32-,33-,34+,37-,38-,39+,40-,41+,42-,43+,44+,45-,46-,47-,48-,50+,51-,52-,53-,54-,59-,60+,61-/m0/s1. The number of alkyl carbamates (subject to hydrolysis) is 1. The van der Waals surface area contributed by atoms with Crippen LogP contribution in [0.5, 0.6) is 0 Å². The van der Waals surface area contributed by atoms with Crippen molar-refractivity contribution < 1.29 is 101 Å². The van der Waals surface area contributed by atoms with Crippen LogP contribution in [0.1, 0.15) is 128 Å². The number of carbonyl (C=O) groups excluding carboxylic acids is 5. The molecule has 4 aliphatic carbocycles. The van der Waals surface area contributed by atoms with Gasteiger partial charge in [0.05, 0.1) is 74.4 Å². The molecule has 0 aromatic heterocycles. The Morgan fingerprint density at radius 3 is 2.13 bits per heavy atom. The summed E-state index contributed by atoms with van der Waals surface area (Å²) in [7, 11) is 1.15. The highest BCUT2D eigenvalue weighted by Gasteiger charge is 2.65. The van der Waals surface area contributed by atoms with Crippen molar-refractivity contribution in [1.82, 2.24) is 5.32 Å². The maximum Gasteiger partial charge on any atom is 0.407 e. The zero-order valence-corrected chi connectivity index (χ0v) is 50.5. The minimum absolute atomic E-state index is 0.0000144. The molecule has 1 spiro atoms. The Hall–Kier alpha value is -4.99. The number of fused-ring (bicyclic) bond motifs is 4. The van der Waals surface area contributed by atoms with Gasteiger partial charge in [-0.05, 0) is 95.8 Å². The largest absolute Gasteiger partial charge is 0.511 e. The number of amides is 1. The minimum Gasteiger partial charge on any atom is -0.511 e. The molecule has 1 amide bonds. The van der Waals surface area contributed by atoms with Crippen LogP contribution in [-0.4, -0.2) is 178 Å². The molecule has 24 heteroatoms. The summed E-state index contributed by atoms with van der Waals surface area (Å²) < 4.78 is 68.5. The Bertz CT molecular complexity index is 2720. The van der Waals surface area contributed by atoms with E-state index >= 15 is 4.79 Å². The van der Waals surface area contributed by atoms with E-state index in [9.17, 15) is 49.7 Å². The first kappa shape index (κ1) is 64.5. The normalized spacial score (nSPS) is 47.8. The van der Waals surface area contributed by atoms with Gasteiger partial charge in [-0.25, -0.2) is 9.59 Å². The number of hydrogen-bond donors (Lipinski definition) is 5. The summed E-state index contributed by atoms with van der Waals surface area (Å²) in [4.78, 5) is 80.1. The zero-order chi connectivity index (χ0) is 61.9. The van der Waals surface area contributed by atoms with E-state index in [0.29, 0.717) is 36.7 Å². The molecule has 0 unspecified atom stereocenters. The van der Waals surface area contributed by atoms with Gasteiger partial charge in [0.1, 0.15) is 35.9 Å². The SMILES string of the molecule is COC(=O)N[C@H]1[C@@H](C)O[C@@H](O[C@H]2C/C=C(\C)[C@@H]3C=C[C@@H]4[C@@H](O[C@H]5C[C@@H](O[C@H]6CC[C@@H](O[C@H]7C[C@@H](O)[C@@H](O)[C@H](C)O7)[C@H](C)O6)[C@@H](OC(C)=O)[C@H](C)O5)[C@@H](C)C[C@H](C)[C@H]4[C@]3(C)/C(O)=C3\C(=O)O[C@]4(CC(C=O)=C[C@H](O)[C@H]4/C=C/2C)C3=O)C[C@]1(C)[N+](=O)[O-]. The van der Waals surface area contributed by atoms with Crippen molar-refractivity contribution in [3.63, 3.8) is 0 Å². The van der Waals surface area contributed by atoms with E-state index in [-0.39, 0.29) is 43.1 Å². The number of Topliss-reactive ketones (excluding diaryl/α,β-unsaturated/α-hetero) is 1. The monoisotopic (exact) mass is 1200 g/mol. The Kier molecular flexibility index (Phi) is 19.2. The fourth-order valence-corrected chi connectivity index (χ4v) is 15.5. The third kappa shape index (κ3) is 12.3. The summed E-state index contributed by atoms with van der Waals surface area (Å²) in [6.07, 6.45) is -4.08. The van der Waals surface area contributed by atoms with Crippen molar-refractivity contribution in [2.24, 2.45) is 40.9 Å². The molecule has 1 saturated carbocycles. The average molecular weight is 1200 g/mol. The van der Waals surface area contributed by atoms with E-state index in [1.165, 1.54) is 19.9 Å². The lowest BCUT2D eigenvalue weighted by atomic mass is 9.49. The first-order valence-corrected chi connectivity index (χ1v) is 29.9. The maximum atomic E-state index is 15.5. The smallest absolute Gasteiger partial charge is 0.407 e. The molecule has 5 aliphatic heterocycles. The van der Waals surface area contributed by atoms with Crippen LogP contribution >= 0.6 is 0 Å². The van der Waals surface area contributed by atoms with Crippen molar-refractivity contribution in [3.05, 3.63) is 68.5 Å². The summed E-state index contributed by atoms with van der Waals surface area (Å²) in [6.45, 7) is 19.1. The molecule has 5 saturated heterocycles. The molecule has 472 valence electrons. The number of aliphatic hydroxyl groups excluding tert-OH is 4. The molecule has 2 bridgehead atoms. The second-order valence-corrected chi connectivity index (χ2v) is 25.7. The zero-order valence-electron chi connectivity index (χ0n) is 50.5. The van der Waals surface area contributed by atoms with Crippen molar-refractivity contribution >= 4 is 30.1 Å². The Balaban J connectivity index is 1.03. The van der Waals surface area contributed by atoms with Gasteiger partial charge in [-0.15, -0.1) is 0 Å². The van der Waals surface area contributed by atoms with E-state index in [0.717, 1.165) is 7.11 Å². The highest BCUT2D eigenvalue weighted by Crippen LogP contribution is 2.61. The molecule has 24 nitrogen and oxygen atoms in total. The van der Waals surface area contributed by atoms with Crippen LogP contribution in [0.25, 0.3) is 0 Å². The third-order valence-corrected chi connectivity index (χ3v) is 19.8. The molecule has 0 aromatic carbocycles. The van der Waals surface area contributed by atoms with Gasteiger partial charge >= 0.3 is 18.0 Å². The number of rotatable bonds is 12. The van der Waals surface area contributed by atoms with Gasteiger partial charge in [-0.2, -0.15) is 0 Å². The van der Waals surface area contributed by atoms with Crippen molar-refractivity contribution in [1.29, 1.82) is 0 Å². The fourth-order valence-electron chi connectivity index (χ4n) is 15.5. The third-order valence-electron chi connectivity index (χ3n) is 19.8. The molecule has 85 heavy (non-hydrogen) atoms. The number of aldehydes is 1. The number of allylic oxidation sites excluding steroid dienone is 3. The number of nitrogens with one attached hydrogen (secondary N) is 1. The topological polar surface area (TPSA) is 323 Å². The van der Waals surface area contributed by atoms with E-state index < -0.39 is 191 Å². The van der Waals surface area contributed by atoms with E-state index in [1.807, 2.05) is 32.9 Å². The molecular weight excluding hydrogens is 1110 g/mol. The molecule has 0 aromatic rings. The number of esters is 2. The number of hydrogen-bond acceptors (Lipinski definition) is 22. The van der Waals surface area contributed by atoms with Crippen LogP contribution in [0, 0.1) is 51.0 Å². The van der Waals surface area contributed by atoms with Gasteiger partial charge in [0, 0.05) is 61.7 Å². The van der Waals surface area contributed by atoms with Crippen molar-refractivity contribution in [2.45, 2.75) is 243 Å². The van der Waals surface area contributed by atoms with Gasteiger partial charge < -0.3 is 77.8 Å². The first-order valence-electron chi connectivity index (χ1n) is 29.9. The lowest BCUT2D eigenvalue weighted by Gasteiger charge is -2.56. The number of nitro groups is 1. The van der Waals surface area contributed by atoms with Crippen molar-refractivity contribution in [3.8, 4) is 0 Å². The molecule has 9 rings (SSSR count). The molecule has 5 heterocycles. The predicted octanol–water partition coefficient (Wildman–Crippen LogP) is 5.45. The van der Waals surface area contributed by atoms with Gasteiger partial charge in [0.25, 0.3) is 0 Å². The maximum absolute atomic E-state index is 15.5. The Morgan fingerprint density at radius 2 is 1.47 bits per heavy atom. The number of aliphatic hydroxyl groups is 4. The van der Waals surface area contributed by atoms with Crippen LogP contribution in [0.2, 0.25) is 0 Å². The van der Waals surface area contributed by atoms with E-state index in [4.69, 9.17) is 52.1 Å². The highest BCUT2D eigenvalue weighted by atomic mass is 16.7. The minimum atomic E-state index is -2.19. The summed E-state index contributed by atoms with van der Waals surface area (Å²) in [5.41, 5.74) is -4.88. The lowest BCUT2D eigenvalue weighted by Crippen LogP contribution is -2.65. The number of nitrogens with zero attached hydrogens (tertiary/aromatic N) is 1. The highest BCUT2D eigenvalue weighted by molar-refractivity contribution is 6.26. The molecule has 9 aliphatic rings. The lowest BCUT2D eigenvalue weighted by molar-refractivity contribution is -0.584. The second kappa shape index (κ2) is 25.2. The summed E-state index contributed by atoms with van der Waals surface area (Å²) in [5, 5.41) is 61.1. The Labute approximate surface area is 495 Å². The van der Waals surface area contributed by atoms with Crippen LogP contribution in [0.4, 0.5) is 4.79 Å². The van der Waals surface area contributed by atoms with Gasteiger partial charge in [-0.1, -0.05) is 50.6 Å². The number of ketones is 1. The molecular formula is C61H86N2O22. The van der Waals surface area contributed by atoms with E-state index in [2.05, 4.69) is 25.2 Å². The van der Waals surface area contributed by atoms with Gasteiger partial charge in [0.15, 0.2) is 36.9 Å². The van der Waals surface area contributed by atoms with Gasteiger partial charge in [-0.3, -0.25) is 24.5 Å². The summed E-state index contributed by atoms with van der Waals surface area (Å²) in [6, 6.07) is -1.12. The Morgan fingerprint density at radius 1 is 0.800 bits per heavy atom. The van der Waals surface area contributed by atoms with Crippen LogP contribution in [-0.2, 0) is 71.3 Å². The van der Waals surface area contributed by atoms with Crippen molar-refractivity contribution in [2.75, 3.05) is 7.11 Å². The molecule has 0 radical (unpaired) electrons. The average Bonchev–Trinajstić information content (AvgIpc) is 1.74. The second-order valence-electron chi connectivity index (χ2n) is 25.7. The molecule has 5 N–H and O–H groups in total. The number of carbonyl (C=O) groups is 5. The summed E-state index contributed by atoms with van der Waals surface area (Å²) >= 11 is 0.